The molecule has 0 bridgehead atoms. The van der Waals surface area contributed by atoms with Gasteiger partial charge in [0.15, 0.2) is 5.16 Å². The van der Waals surface area contributed by atoms with Crippen LogP contribution in [0.2, 0.25) is 0 Å². The Labute approximate surface area is 142 Å². The molecule has 0 unspecified atom stereocenters. The van der Waals surface area contributed by atoms with Crippen LogP contribution in [0.15, 0.2) is 9.95 Å². The van der Waals surface area contributed by atoms with E-state index >= 15 is 0 Å². The zero-order valence-electron chi connectivity index (χ0n) is 13.4. The molecular formula is C15H19N3O3S2. The summed E-state index contributed by atoms with van der Waals surface area (Å²) in [5.41, 5.74) is 0.956. The van der Waals surface area contributed by atoms with Gasteiger partial charge in [-0.1, -0.05) is 11.8 Å². The Balaban J connectivity index is 1.81. The molecule has 0 spiro atoms. The smallest absolute Gasteiger partial charge is 0.262 e. The number of carbonyl (C=O) groups excluding carboxylic acids is 1. The molecule has 23 heavy (non-hydrogen) atoms. The van der Waals surface area contributed by atoms with E-state index in [9.17, 15) is 9.59 Å². The SMILES string of the molecule is Cc1sc2nc(SCC(=O)N3CCOCC3)n(C)c(=O)c2c1C. The number of carbonyl (C=O) groups is 1. The molecule has 0 saturated carbocycles. The van der Waals surface area contributed by atoms with Crippen molar-refractivity contribution in [3.8, 4) is 0 Å². The van der Waals surface area contributed by atoms with Crippen molar-refractivity contribution < 1.29 is 9.53 Å². The summed E-state index contributed by atoms with van der Waals surface area (Å²) in [6.07, 6.45) is 0. The maximum Gasteiger partial charge on any atom is 0.262 e. The third kappa shape index (κ3) is 3.15. The molecule has 0 atom stereocenters. The normalized spacial score (nSPS) is 15.3. The van der Waals surface area contributed by atoms with Crippen LogP contribution in [-0.4, -0.2) is 52.4 Å². The fourth-order valence-electron chi connectivity index (χ4n) is 2.52. The van der Waals surface area contributed by atoms with E-state index in [1.54, 1.807) is 16.5 Å². The van der Waals surface area contributed by atoms with E-state index in [4.69, 9.17) is 4.74 Å². The fourth-order valence-corrected chi connectivity index (χ4v) is 4.46. The minimum absolute atomic E-state index is 0.0434. The number of nitrogens with zero attached hydrogens (tertiary/aromatic N) is 3. The second-order valence-corrected chi connectivity index (χ2v) is 7.65. The van der Waals surface area contributed by atoms with Gasteiger partial charge in [0, 0.05) is 25.0 Å². The largest absolute Gasteiger partial charge is 0.378 e. The predicted molar refractivity (Wildman–Crippen MR) is 92.5 cm³/mol. The van der Waals surface area contributed by atoms with Crippen molar-refractivity contribution in [3.05, 3.63) is 20.8 Å². The van der Waals surface area contributed by atoms with Gasteiger partial charge in [-0.15, -0.1) is 11.3 Å². The van der Waals surface area contributed by atoms with Gasteiger partial charge in [-0.25, -0.2) is 4.98 Å². The Hall–Kier alpha value is -1.38. The van der Waals surface area contributed by atoms with Gasteiger partial charge in [-0.3, -0.25) is 14.2 Å². The van der Waals surface area contributed by atoms with Crippen molar-refractivity contribution >= 4 is 39.2 Å². The zero-order chi connectivity index (χ0) is 16.6. The lowest BCUT2D eigenvalue weighted by Crippen LogP contribution is -2.41. The molecule has 8 heteroatoms. The molecule has 0 aromatic carbocycles. The van der Waals surface area contributed by atoms with E-state index in [-0.39, 0.29) is 17.2 Å². The lowest BCUT2D eigenvalue weighted by atomic mass is 10.2. The first-order chi connectivity index (χ1) is 11.0. The predicted octanol–water partition coefficient (Wildman–Crippen LogP) is 1.56. The molecule has 0 N–H and O–H groups in total. The summed E-state index contributed by atoms with van der Waals surface area (Å²) in [7, 11) is 1.71. The number of morpholine rings is 1. The summed E-state index contributed by atoms with van der Waals surface area (Å²) in [4.78, 5) is 33.0. The minimum atomic E-state index is -0.0434. The van der Waals surface area contributed by atoms with Gasteiger partial charge in [0.05, 0.1) is 24.4 Å². The number of hydrogen-bond acceptors (Lipinski definition) is 6. The average Bonchev–Trinajstić information content (AvgIpc) is 2.84. The van der Waals surface area contributed by atoms with Crippen LogP contribution < -0.4 is 5.56 Å². The first-order valence-corrected chi connectivity index (χ1v) is 9.24. The summed E-state index contributed by atoms with van der Waals surface area (Å²) in [6, 6.07) is 0. The number of rotatable bonds is 3. The molecule has 3 rings (SSSR count). The topological polar surface area (TPSA) is 64.4 Å². The maximum absolute atomic E-state index is 12.5. The van der Waals surface area contributed by atoms with Crippen LogP contribution in [0.5, 0.6) is 0 Å². The highest BCUT2D eigenvalue weighted by Gasteiger charge is 2.19. The molecule has 1 fully saturated rings. The van der Waals surface area contributed by atoms with Crippen LogP contribution >= 0.6 is 23.1 Å². The number of fused-ring (bicyclic) bond motifs is 1. The van der Waals surface area contributed by atoms with Crippen molar-refractivity contribution in [1.29, 1.82) is 0 Å². The number of aromatic nitrogens is 2. The highest BCUT2D eigenvalue weighted by atomic mass is 32.2. The van der Waals surface area contributed by atoms with Crippen molar-refractivity contribution in [2.45, 2.75) is 19.0 Å². The van der Waals surface area contributed by atoms with Crippen LogP contribution in [0.4, 0.5) is 0 Å². The van der Waals surface area contributed by atoms with Crippen LogP contribution in [0.1, 0.15) is 10.4 Å². The number of aryl methyl sites for hydroxylation is 2. The number of hydrogen-bond donors (Lipinski definition) is 0. The summed E-state index contributed by atoms with van der Waals surface area (Å²) < 4.78 is 6.79. The summed E-state index contributed by atoms with van der Waals surface area (Å²) >= 11 is 2.85. The zero-order valence-corrected chi connectivity index (χ0v) is 15.1. The molecular weight excluding hydrogens is 334 g/mol. The minimum Gasteiger partial charge on any atom is -0.378 e. The van der Waals surface area contributed by atoms with Crippen molar-refractivity contribution in [1.82, 2.24) is 14.5 Å². The van der Waals surface area contributed by atoms with E-state index < -0.39 is 0 Å². The third-order valence-corrected chi connectivity index (χ3v) is 6.17. The van der Waals surface area contributed by atoms with Gasteiger partial charge in [-0.2, -0.15) is 0 Å². The van der Waals surface area contributed by atoms with Gasteiger partial charge in [0.1, 0.15) is 4.83 Å². The molecule has 6 nitrogen and oxygen atoms in total. The van der Waals surface area contributed by atoms with E-state index in [0.717, 1.165) is 15.3 Å². The fraction of sp³-hybridized carbons (Fsp3) is 0.533. The van der Waals surface area contributed by atoms with E-state index in [1.165, 1.54) is 23.1 Å². The lowest BCUT2D eigenvalue weighted by Gasteiger charge is -2.26. The highest BCUT2D eigenvalue weighted by Crippen LogP contribution is 2.28. The van der Waals surface area contributed by atoms with Gasteiger partial charge in [0.2, 0.25) is 5.91 Å². The molecule has 3 heterocycles. The molecule has 2 aromatic rings. The van der Waals surface area contributed by atoms with Crippen molar-refractivity contribution in [3.63, 3.8) is 0 Å². The van der Waals surface area contributed by atoms with Gasteiger partial charge >= 0.3 is 0 Å². The first kappa shape index (κ1) is 16.5. The van der Waals surface area contributed by atoms with Crippen molar-refractivity contribution in [2.24, 2.45) is 7.05 Å². The van der Waals surface area contributed by atoms with Crippen LogP contribution in [-0.2, 0) is 16.6 Å². The molecule has 124 valence electrons. The Morgan fingerprint density at radius 2 is 2.04 bits per heavy atom. The summed E-state index contributed by atoms with van der Waals surface area (Å²) in [6.45, 7) is 6.39. The first-order valence-electron chi connectivity index (χ1n) is 7.44. The molecule has 2 aromatic heterocycles. The van der Waals surface area contributed by atoms with E-state index in [1.807, 2.05) is 13.8 Å². The highest BCUT2D eigenvalue weighted by molar-refractivity contribution is 7.99. The molecule has 0 aliphatic carbocycles. The Morgan fingerprint density at radius 1 is 1.35 bits per heavy atom. The summed E-state index contributed by atoms with van der Waals surface area (Å²) in [5, 5.41) is 1.28. The Morgan fingerprint density at radius 3 is 2.74 bits per heavy atom. The second kappa shape index (κ2) is 6.62. The van der Waals surface area contributed by atoms with Crippen LogP contribution in [0, 0.1) is 13.8 Å². The average molecular weight is 353 g/mol. The standard InChI is InChI=1S/C15H19N3O3S2/c1-9-10(2)23-13-12(9)14(20)17(3)15(16-13)22-8-11(19)18-4-6-21-7-5-18/h4-8H2,1-3H3. The van der Waals surface area contributed by atoms with E-state index in [0.29, 0.717) is 36.8 Å². The quantitative estimate of drug-likeness (QED) is 0.619. The van der Waals surface area contributed by atoms with Crippen LogP contribution in [0.3, 0.4) is 0 Å². The Bertz CT molecular complexity index is 806. The molecule has 1 amide bonds. The number of ether oxygens (including phenoxy) is 1. The molecule has 1 aliphatic heterocycles. The van der Waals surface area contributed by atoms with Crippen molar-refractivity contribution in [2.75, 3.05) is 32.1 Å². The van der Waals surface area contributed by atoms with Gasteiger partial charge < -0.3 is 9.64 Å². The number of thioether (sulfide) groups is 1. The molecule has 0 radical (unpaired) electrons. The number of thiophene rings is 1. The summed E-state index contributed by atoms with van der Waals surface area (Å²) in [5.74, 6) is 0.348. The van der Waals surface area contributed by atoms with E-state index in [2.05, 4.69) is 4.98 Å². The second-order valence-electron chi connectivity index (χ2n) is 5.50. The van der Waals surface area contributed by atoms with Gasteiger partial charge in [0.25, 0.3) is 5.56 Å². The van der Waals surface area contributed by atoms with Gasteiger partial charge in [-0.05, 0) is 19.4 Å². The Kier molecular flexibility index (Phi) is 4.74. The monoisotopic (exact) mass is 353 g/mol. The molecule has 1 saturated heterocycles. The third-order valence-electron chi connectivity index (χ3n) is 4.06. The lowest BCUT2D eigenvalue weighted by molar-refractivity contribution is -0.132. The van der Waals surface area contributed by atoms with Crippen LogP contribution in [0.25, 0.3) is 10.2 Å². The maximum atomic E-state index is 12.5. The number of amides is 1. The molecule has 1 aliphatic rings.